The van der Waals surface area contributed by atoms with E-state index in [1.807, 2.05) is 30.5 Å². The molecule has 1 amide bonds. The second kappa shape index (κ2) is 11.6. The number of unbranched alkanes of at least 4 members (excludes halogenated alkanes) is 1. The topological polar surface area (TPSA) is 56.7 Å². The maximum Gasteiger partial charge on any atom is 0.225 e. The van der Waals surface area contributed by atoms with E-state index in [0.29, 0.717) is 6.04 Å². The lowest BCUT2D eigenvalue weighted by Crippen LogP contribution is -2.50. The monoisotopic (exact) mass is 342 g/mol. The molecule has 0 aromatic heterocycles. The second-order valence-corrected chi connectivity index (χ2v) is 7.34. The van der Waals surface area contributed by atoms with Crippen molar-refractivity contribution >= 4 is 23.6 Å². The lowest BCUT2D eigenvalue weighted by Gasteiger charge is -2.34. The van der Waals surface area contributed by atoms with Crippen LogP contribution in [0.15, 0.2) is 4.99 Å². The van der Waals surface area contributed by atoms with Crippen molar-refractivity contribution in [3.63, 3.8) is 0 Å². The largest absolute Gasteiger partial charge is 0.357 e. The van der Waals surface area contributed by atoms with Crippen molar-refractivity contribution in [2.24, 2.45) is 10.9 Å². The minimum atomic E-state index is 0.0969. The Bertz CT molecular complexity index is 366. The first kappa shape index (κ1) is 20.1. The van der Waals surface area contributed by atoms with Crippen LogP contribution in [0.5, 0.6) is 0 Å². The number of guanidine groups is 1. The van der Waals surface area contributed by atoms with E-state index in [1.54, 1.807) is 0 Å². The fourth-order valence-electron chi connectivity index (χ4n) is 2.67. The molecule has 1 saturated heterocycles. The summed E-state index contributed by atoms with van der Waals surface area (Å²) in [6.07, 6.45) is 6.49. The number of hydrogen-bond acceptors (Lipinski definition) is 3. The molecule has 1 rings (SSSR count). The number of hydrogen-bond donors (Lipinski definition) is 2. The highest BCUT2D eigenvalue weighted by Crippen LogP contribution is 2.13. The molecule has 1 heterocycles. The summed E-state index contributed by atoms with van der Waals surface area (Å²) in [5.74, 6) is 2.50. The highest BCUT2D eigenvalue weighted by atomic mass is 32.2. The Kier molecular flexibility index (Phi) is 10.2. The lowest BCUT2D eigenvalue weighted by molar-refractivity contribution is -0.135. The highest BCUT2D eigenvalue weighted by molar-refractivity contribution is 7.98. The Labute approximate surface area is 146 Å². The highest BCUT2D eigenvalue weighted by Gasteiger charge is 2.24. The first-order chi connectivity index (χ1) is 11.1. The smallest absolute Gasteiger partial charge is 0.225 e. The Morgan fingerprint density at radius 2 is 2.00 bits per heavy atom. The summed E-state index contributed by atoms with van der Waals surface area (Å²) < 4.78 is 0. The van der Waals surface area contributed by atoms with Gasteiger partial charge < -0.3 is 15.5 Å². The Morgan fingerprint density at radius 3 is 2.57 bits per heavy atom. The summed E-state index contributed by atoms with van der Waals surface area (Å²) in [4.78, 5) is 18.7. The van der Waals surface area contributed by atoms with Crippen LogP contribution in [0.4, 0.5) is 0 Å². The quantitative estimate of drug-likeness (QED) is 0.404. The van der Waals surface area contributed by atoms with Gasteiger partial charge in [-0.2, -0.15) is 11.8 Å². The molecule has 2 N–H and O–H groups in total. The first-order valence-electron chi connectivity index (χ1n) is 8.91. The molecule has 1 aliphatic heterocycles. The normalized spacial score (nSPS) is 16.7. The Hall–Kier alpha value is -0.910. The molecule has 0 aliphatic carbocycles. The molecule has 23 heavy (non-hydrogen) atoms. The molecule has 0 atom stereocenters. The number of rotatable bonds is 8. The van der Waals surface area contributed by atoms with Crippen LogP contribution in [-0.4, -0.2) is 61.0 Å². The second-order valence-electron chi connectivity index (χ2n) is 6.36. The van der Waals surface area contributed by atoms with Gasteiger partial charge in [0.25, 0.3) is 0 Å². The van der Waals surface area contributed by atoms with Gasteiger partial charge in [-0.1, -0.05) is 13.8 Å². The molecule has 1 aliphatic rings. The Balaban J connectivity index is 2.37. The van der Waals surface area contributed by atoms with Gasteiger partial charge in [-0.05, 0) is 44.6 Å². The molecule has 0 spiro atoms. The van der Waals surface area contributed by atoms with Gasteiger partial charge in [0.1, 0.15) is 0 Å². The van der Waals surface area contributed by atoms with Crippen molar-refractivity contribution in [2.75, 3.05) is 38.2 Å². The van der Waals surface area contributed by atoms with E-state index in [2.05, 4.69) is 28.8 Å². The van der Waals surface area contributed by atoms with Gasteiger partial charge in [-0.15, -0.1) is 0 Å². The first-order valence-corrected chi connectivity index (χ1v) is 10.3. The van der Waals surface area contributed by atoms with Crippen LogP contribution < -0.4 is 10.6 Å². The fraction of sp³-hybridized carbons (Fsp3) is 0.882. The molecule has 0 aromatic carbocycles. The number of thioether (sulfide) groups is 1. The van der Waals surface area contributed by atoms with Crippen LogP contribution >= 0.6 is 11.8 Å². The van der Waals surface area contributed by atoms with Gasteiger partial charge in [0.2, 0.25) is 5.91 Å². The lowest BCUT2D eigenvalue weighted by atomic mass is 10.0. The molecule has 1 fully saturated rings. The third kappa shape index (κ3) is 7.95. The summed E-state index contributed by atoms with van der Waals surface area (Å²) in [5.41, 5.74) is 0. The van der Waals surface area contributed by atoms with Crippen molar-refractivity contribution in [1.29, 1.82) is 0 Å². The number of nitrogens with zero attached hydrogens (tertiary/aromatic N) is 2. The molecule has 6 heteroatoms. The van der Waals surface area contributed by atoms with Gasteiger partial charge in [-0.25, -0.2) is 0 Å². The SMILES string of the molecule is CCNC(=NCCCCSC)NC1CCN(C(=O)C(C)C)CC1. The molecule has 0 saturated carbocycles. The molecular weight excluding hydrogens is 308 g/mol. The molecule has 0 unspecified atom stereocenters. The van der Waals surface area contributed by atoms with Crippen LogP contribution in [0.3, 0.4) is 0 Å². The zero-order valence-corrected chi connectivity index (χ0v) is 16.0. The van der Waals surface area contributed by atoms with E-state index in [1.165, 1.54) is 12.2 Å². The van der Waals surface area contributed by atoms with E-state index in [9.17, 15) is 4.79 Å². The number of nitrogens with one attached hydrogen (secondary N) is 2. The maximum absolute atomic E-state index is 12.0. The van der Waals surface area contributed by atoms with Gasteiger partial charge in [0.15, 0.2) is 5.96 Å². The van der Waals surface area contributed by atoms with Crippen molar-refractivity contribution in [1.82, 2.24) is 15.5 Å². The maximum atomic E-state index is 12.0. The molecule has 0 aromatic rings. The summed E-state index contributed by atoms with van der Waals surface area (Å²) >= 11 is 1.89. The number of carbonyl (C=O) groups excluding carboxylic acids is 1. The summed E-state index contributed by atoms with van der Waals surface area (Å²) in [6.45, 7) is 9.49. The molecule has 5 nitrogen and oxygen atoms in total. The van der Waals surface area contributed by atoms with Crippen molar-refractivity contribution in [3.8, 4) is 0 Å². The average molecular weight is 343 g/mol. The van der Waals surface area contributed by atoms with Crippen molar-refractivity contribution in [3.05, 3.63) is 0 Å². The molecule has 0 radical (unpaired) electrons. The van der Waals surface area contributed by atoms with Crippen LogP contribution in [0, 0.1) is 5.92 Å². The molecular formula is C17H34N4OS. The zero-order valence-electron chi connectivity index (χ0n) is 15.2. The third-order valence-corrected chi connectivity index (χ3v) is 4.71. The van der Waals surface area contributed by atoms with Gasteiger partial charge in [-0.3, -0.25) is 9.79 Å². The number of likely N-dealkylation sites (tertiary alicyclic amines) is 1. The van der Waals surface area contributed by atoms with E-state index >= 15 is 0 Å². The third-order valence-electron chi connectivity index (χ3n) is 4.01. The van der Waals surface area contributed by atoms with Crippen LogP contribution in [0.2, 0.25) is 0 Å². The van der Waals surface area contributed by atoms with E-state index in [4.69, 9.17) is 0 Å². The molecule has 134 valence electrons. The van der Waals surface area contributed by atoms with Crippen LogP contribution in [0.1, 0.15) is 46.5 Å². The average Bonchev–Trinajstić information content (AvgIpc) is 2.54. The Morgan fingerprint density at radius 1 is 1.30 bits per heavy atom. The number of piperidine rings is 1. The predicted molar refractivity (Wildman–Crippen MR) is 101 cm³/mol. The fourth-order valence-corrected chi connectivity index (χ4v) is 3.16. The summed E-state index contributed by atoms with van der Waals surface area (Å²) in [5, 5.41) is 6.86. The van der Waals surface area contributed by atoms with Crippen LogP contribution in [0.25, 0.3) is 0 Å². The minimum Gasteiger partial charge on any atom is -0.357 e. The summed E-state index contributed by atoms with van der Waals surface area (Å²) in [6, 6.07) is 0.412. The number of carbonyl (C=O) groups is 1. The number of amides is 1. The van der Waals surface area contributed by atoms with Gasteiger partial charge >= 0.3 is 0 Å². The van der Waals surface area contributed by atoms with Crippen molar-refractivity contribution in [2.45, 2.75) is 52.5 Å². The van der Waals surface area contributed by atoms with Crippen molar-refractivity contribution < 1.29 is 4.79 Å². The molecule has 0 bridgehead atoms. The van der Waals surface area contributed by atoms with E-state index in [-0.39, 0.29) is 11.8 Å². The summed E-state index contributed by atoms with van der Waals surface area (Å²) in [7, 11) is 0. The van der Waals surface area contributed by atoms with Gasteiger partial charge in [0.05, 0.1) is 0 Å². The van der Waals surface area contributed by atoms with Gasteiger partial charge in [0, 0.05) is 38.1 Å². The standard InChI is InChI=1S/C17H34N4OS/c1-5-18-17(19-10-6-7-13-23-4)20-15-8-11-21(12-9-15)16(22)14(2)3/h14-15H,5-13H2,1-4H3,(H2,18,19,20). The number of aliphatic imine (C=N–C) groups is 1. The minimum absolute atomic E-state index is 0.0969. The zero-order chi connectivity index (χ0) is 17.1. The van der Waals surface area contributed by atoms with E-state index in [0.717, 1.165) is 51.4 Å². The van der Waals surface area contributed by atoms with Crippen LogP contribution in [-0.2, 0) is 4.79 Å². The van der Waals surface area contributed by atoms with E-state index < -0.39 is 0 Å². The predicted octanol–water partition coefficient (Wildman–Crippen LogP) is 2.33.